The Morgan fingerprint density at radius 3 is 2.08 bits per heavy atom. The van der Waals surface area contributed by atoms with Gasteiger partial charge in [0.25, 0.3) is 0 Å². The minimum Gasteiger partial charge on any atom is -0.467 e. The Kier molecular flexibility index (Phi) is 4.31. The second-order valence-electron chi connectivity index (χ2n) is 6.50. The van der Waals surface area contributed by atoms with Crippen LogP contribution in [0.4, 0.5) is 0 Å². The van der Waals surface area contributed by atoms with Gasteiger partial charge in [0.2, 0.25) is 0 Å². The Hall–Kier alpha value is -2.91. The minimum absolute atomic E-state index is 0.282. The Morgan fingerprint density at radius 1 is 0.846 bits per heavy atom. The van der Waals surface area contributed by atoms with E-state index in [9.17, 15) is 4.79 Å². The van der Waals surface area contributed by atoms with Crippen molar-refractivity contribution in [2.24, 2.45) is 0 Å². The summed E-state index contributed by atoms with van der Waals surface area (Å²) in [6.45, 7) is 2.07. The van der Waals surface area contributed by atoms with Crippen molar-refractivity contribution in [3.63, 3.8) is 0 Å². The molecule has 0 bridgehead atoms. The number of aryl methyl sites for hydroxylation is 1. The number of carbonyl (C=O) groups is 1. The lowest BCUT2D eigenvalue weighted by Crippen LogP contribution is -2.10. The first-order chi connectivity index (χ1) is 12.7. The quantitative estimate of drug-likeness (QED) is 0.497. The average Bonchev–Trinajstić information content (AvgIpc) is 3.48. The van der Waals surface area contributed by atoms with E-state index in [0.717, 1.165) is 27.8 Å². The van der Waals surface area contributed by atoms with E-state index in [2.05, 4.69) is 61.5 Å². The topological polar surface area (TPSA) is 38.8 Å². The summed E-state index contributed by atoms with van der Waals surface area (Å²) >= 11 is 0. The molecule has 0 aromatic heterocycles. The second kappa shape index (κ2) is 6.77. The molecule has 0 N–H and O–H groups in total. The Balaban J connectivity index is 1.87. The highest BCUT2D eigenvalue weighted by Gasteiger charge is 2.49. The van der Waals surface area contributed by atoms with Crippen molar-refractivity contribution in [3.05, 3.63) is 83.9 Å². The van der Waals surface area contributed by atoms with Gasteiger partial charge in [-0.3, -0.25) is 0 Å². The van der Waals surface area contributed by atoms with Gasteiger partial charge in [-0.05, 0) is 34.7 Å². The van der Waals surface area contributed by atoms with Crippen molar-refractivity contribution in [2.45, 2.75) is 19.1 Å². The normalized spacial score (nSPS) is 18.4. The summed E-state index contributed by atoms with van der Waals surface area (Å²) < 4.78 is 10.6. The highest BCUT2D eigenvalue weighted by molar-refractivity contribution is 5.84. The fourth-order valence-corrected chi connectivity index (χ4v) is 3.35. The fraction of sp³-hybridized carbons (Fsp3) is 0.174. The summed E-state index contributed by atoms with van der Waals surface area (Å²) in [5.74, 6) is -0.326. The monoisotopic (exact) mass is 344 g/mol. The molecule has 26 heavy (non-hydrogen) atoms. The Morgan fingerprint density at radius 2 is 1.46 bits per heavy atom. The molecule has 3 nitrogen and oxygen atoms in total. The van der Waals surface area contributed by atoms with E-state index in [1.165, 1.54) is 12.7 Å². The van der Waals surface area contributed by atoms with Crippen molar-refractivity contribution in [2.75, 3.05) is 7.11 Å². The third-order valence-corrected chi connectivity index (χ3v) is 4.76. The molecule has 0 saturated carbocycles. The van der Waals surface area contributed by atoms with Gasteiger partial charge in [0.05, 0.1) is 7.11 Å². The highest BCUT2D eigenvalue weighted by atomic mass is 16.6. The maximum atomic E-state index is 12.0. The van der Waals surface area contributed by atoms with E-state index in [4.69, 9.17) is 9.47 Å². The molecule has 4 rings (SSSR count). The number of carbonyl (C=O) groups excluding carboxylic acids is 1. The molecule has 0 spiro atoms. The third-order valence-electron chi connectivity index (χ3n) is 4.76. The SMILES string of the molecule is COC(=O)C1OC1c1c(-c2ccccc2)cccc1-c1ccc(C)cc1. The maximum Gasteiger partial charge on any atom is 0.338 e. The Bertz CT molecular complexity index is 929. The number of hydrogen-bond donors (Lipinski definition) is 0. The van der Waals surface area contributed by atoms with Crippen LogP contribution in [0.3, 0.4) is 0 Å². The van der Waals surface area contributed by atoms with Crippen molar-refractivity contribution >= 4 is 5.97 Å². The molecule has 1 heterocycles. The summed E-state index contributed by atoms with van der Waals surface area (Å²) in [4.78, 5) is 12.0. The summed E-state index contributed by atoms with van der Waals surface area (Å²) in [5, 5.41) is 0. The van der Waals surface area contributed by atoms with Crippen LogP contribution in [-0.2, 0) is 14.3 Å². The summed E-state index contributed by atoms with van der Waals surface area (Å²) in [7, 11) is 1.39. The molecule has 1 aliphatic rings. The minimum atomic E-state index is -0.533. The number of hydrogen-bond acceptors (Lipinski definition) is 3. The zero-order valence-corrected chi connectivity index (χ0v) is 14.8. The van der Waals surface area contributed by atoms with Gasteiger partial charge < -0.3 is 9.47 Å². The number of esters is 1. The molecular formula is C23H20O3. The lowest BCUT2D eigenvalue weighted by atomic mass is 9.89. The van der Waals surface area contributed by atoms with Crippen LogP contribution in [0, 0.1) is 6.92 Å². The van der Waals surface area contributed by atoms with Crippen molar-refractivity contribution < 1.29 is 14.3 Å². The highest BCUT2D eigenvalue weighted by Crippen LogP contribution is 2.48. The lowest BCUT2D eigenvalue weighted by molar-refractivity contribution is -0.142. The predicted molar refractivity (Wildman–Crippen MR) is 102 cm³/mol. The van der Waals surface area contributed by atoms with E-state index in [1.807, 2.05) is 18.2 Å². The molecule has 1 fully saturated rings. The van der Waals surface area contributed by atoms with Crippen LogP contribution in [-0.4, -0.2) is 19.2 Å². The molecular weight excluding hydrogens is 324 g/mol. The van der Waals surface area contributed by atoms with Crippen LogP contribution in [0.5, 0.6) is 0 Å². The van der Waals surface area contributed by atoms with E-state index in [0.29, 0.717) is 0 Å². The van der Waals surface area contributed by atoms with Gasteiger partial charge in [0, 0.05) is 0 Å². The molecule has 0 amide bonds. The molecule has 2 atom stereocenters. The molecule has 3 heteroatoms. The second-order valence-corrected chi connectivity index (χ2v) is 6.50. The third kappa shape index (κ3) is 3.02. The van der Waals surface area contributed by atoms with Crippen molar-refractivity contribution in [3.8, 4) is 22.3 Å². The zero-order valence-electron chi connectivity index (χ0n) is 14.8. The number of rotatable bonds is 4. The van der Waals surface area contributed by atoms with Gasteiger partial charge in [-0.2, -0.15) is 0 Å². The standard InChI is InChI=1S/C23H20O3/c1-15-11-13-17(14-12-15)19-10-6-9-18(16-7-4-3-5-8-16)20(19)21-22(26-21)23(24)25-2/h3-14,21-22H,1-2H3. The largest absolute Gasteiger partial charge is 0.467 e. The molecule has 0 radical (unpaired) electrons. The van der Waals surface area contributed by atoms with Gasteiger partial charge in [-0.25, -0.2) is 4.79 Å². The molecule has 1 aliphatic heterocycles. The van der Waals surface area contributed by atoms with Gasteiger partial charge >= 0.3 is 5.97 Å². The van der Waals surface area contributed by atoms with Crippen LogP contribution in [0.25, 0.3) is 22.3 Å². The van der Waals surface area contributed by atoms with E-state index < -0.39 is 6.10 Å². The van der Waals surface area contributed by atoms with Crippen LogP contribution >= 0.6 is 0 Å². The summed E-state index contributed by atoms with van der Waals surface area (Å²) in [6, 6.07) is 24.8. The number of ether oxygens (including phenoxy) is 2. The first-order valence-electron chi connectivity index (χ1n) is 8.67. The van der Waals surface area contributed by atoms with Crippen LogP contribution in [0.1, 0.15) is 17.2 Å². The summed E-state index contributed by atoms with van der Waals surface area (Å²) in [6.07, 6.45) is -0.816. The van der Waals surface area contributed by atoms with E-state index in [-0.39, 0.29) is 12.1 Å². The van der Waals surface area contributed by atoms with Crippen molar-refractivity contribution in [1.29, 1.82) is 0 Å². The molecule has 1 saturated heterocycles. The van der Waals surface area contributed by atoms with Crippen LogP contribution in [0.15, 0.2) is 72.8 Å². The predicted octanol–water partition coefficient (Wildman–Crippen LogP) is 4.94. The Labute approximate surface area is 153 Å². The van der Waals surface area contributed by atoms with Gasteiger partial charge in [-0.15, -0.1) is 0 Å². The van der Waals surface area contributed by atoms with Crippen molar-refractivity contribution in [1.82, 2.24) is 0 Å². The molecule has 130 valence electrons. The summed E-state index contributed by atoms with van der Waals surface area (Å²) in [5.41, 5.74) is 6.64. The fourth-order valence-electron chi connectivity index (χ4n) is 3.35. The van der Waals surface area contributed by atoms with E-state index in [1.54, 1.807) is 0 Å². The average molecular weight is 344 g/mol. The lowest BCUT2D eigenvalue weighted by Gasteiger charge is -2.14. The van der Waals surface area contributed by atoms with Crippen LogP contribution < -0.4 is 0 Å². The first-order valence-corrected chi connectivity index (χ1v) is 8.67. The van der Waals surface area contributed by atoms with Gasteiger partial charge in [0.15, 0.2) is 6.10 Å². The number of benzene rings is 3. The van der Waals surface area contributed by atoms with E-state index >= 15 is 0 Å². The number of methoxy groups -OCH3 is 1. The molecule has 3 aromatic rings. The molecule has 3 aromatic carbocycles. The molecule has 2 unspecified atom stereocenters. The zero-order chi connectivity index (χ0) is 18.1. The number of epoxide rings is 1. The van der Waals surface area contributed by atoms with Gasteiger partial charge in [0.1, 0.15) is 6.10 Å². The first kappa shape index (κ1) is 16.6. The smallest absolute Gasteiger partial charge is 0.338 e. The maximum absolute atomic E-state index is 12.0. The van der Waals surface area contributed by atoms with Gasteiger partial charge in [-0.1, -0.05) is 78.4 Å². The molecule has 0 aliphatic carbocycles. The van der Waals surface area contributed by atoms with Crippen LogP contribution in [0.2, 0.25) is 0 Å².